The molecule has 1 heterocycles. The van der Waals surface area contributed by atoms with Gasteiger partial charge in [-0.2, -0.15) is 0 Å². The van der Waals surface area contributed by atoms with Crippen molar-refractivity contribution in [2.75, 3.05) is 18.4 Å². The Bertz CT molecular complexity index is 402. The number of carbonyl (C=O) groups excluding carboxylic acids is 1. The van der Waals surface area contributed by atoms with E-state index in [9.17, 15) is 4.79 Å². The van der Waals surface area contributed by atoms with Gasteiger partial charge in [-0.25, -0.2) is 0 Å². The van der Waals surface area contributed by atoms with Crippen LogP contribution in [0.3, 0.4) is 0 Å². The van der Waals surface area contributed by atoms with E-state index in [2.05, 4.69) is 26.6 Å². The molecular formula is C11H14BrN3O. The summed E-state index contributed by atoms with van der Waals surface area (Å²) in [5, 5.41) is 6.69. The first-order valence-corrected chi connectivity index (χ1v) is 6.03. The Kier molecular flexibility index (Phi) is 3.46. The molecule has 0 saturated carbocycles. The van der Waals surface area contributed by atoms with Gasteiger partial charge < -0.3 is 16.4 Å². The molecule has 1 atom stereocenters. The number of nitrogens with two attached hydrogens (primary N) is 1. The first-order chi connectivity index (χ1) is 7.66. The number of rotatable bonds is 3. The SMILES string of the molecule is NC(=O)c1ccc(NC2CCNC2)cc1Br. The summed E-state index contributed by atoms with van der Waals surface area (Å²) >= 11 is 3.34. The first kappa shape index (κ1) is 11.4. The first-order valence-electron chi connectivity index (χ1n) is 5.23. The van der Waals surface area contributed by atoms with Crippen LogP contribution in [0.5, 0.6) is 0 Å². The highest BCUT2D eigenvalue weighted by Crippen LogP contribution is 2.22. The van der Waals surface area contributed by atoms with Crippen LogP contribution in [0.25, 0.3) is 0 Å². The summed E-state index contributed by atoms with van der Waals surface area (Å²) in [5.41, 5.74) is 6.74. The van der Waals surface area contributed by atoms with Gasteiger partial charge in [-0.1, -0.05) is 0 Å². The fraction of sp³-hybridized carbons (Fsp3) is 0.364. The standard InChI is InChI=1S/C11H14BrN3O/c12-10-5-7(1-2-9(10)11(13)16)15-8-3-4-14-6-8/h1-2,5,8,14-15H,3-4,6H2,(H2,13,16). The molecule has 86 valence electrons. The average molecular weight is 284 g/mol. The highest BCUT2D eigenvalue weighted by molar-refractivity contribution is 9.10. The third-order valence-electron chi connectivity index (χ3n) is 2.67. The molecule has 1 aliphatic rings. The molecule has 1 aromatic rings. The minimum atomic E-state index is -0.416. The molecule has 0 radical (unpaired) electrons. The number of primary amides is 1. The van der Waals surface area contributed by atoms with Crippen molar-refractivity contribution in [1.29, 1.82) is 0 Å². The van der Waals surface area contributed by atoms with Crippen molar-refractivity contribution < 1.29 is 4.79 Å². The number of nitrogens with one attached hydrogen (secondary N) is 2. The zero-order valence-electron chi connectivity index (χ0n) is 8.79. The lowest BCUT2D eigenvalue weighted by molar-refractivity contribution is 0.0999. The molecular weight excluding hydrogens is 270 g/mol. The molecule has 1 fully saturated rings. The van der Waals surface area contributed by atoms with Crippen LogP contribution in [-0.2, 0) is 0 Å². The maximum atomic E-state index is 11.0. The lowest BCUT2D eigenvalue weighted by atomic mass is 10.2. The maximum absolute atomic E-state index is 11.0. The molecule has 2 rings (SSSR count). The number of carbonyl (C=O) groups is 1. The molecule has 0 aliphatic carbocycles. The molecule has 0 bridgehead atoms. The molecule has 1 unspecified atom stereocenters. The summed E-state index contributed by atoms with van der Waals surface area (Å²) in [6, 6.07) is 5.96. The van der Waals surface area contributed by atoms with Crippen LogP contribution in [0.2, 0.25) is 0 Å². The highest BCUT2D eigenvalue weighted by atomic mass is 79.9. The molecule has 16 heavy (non-hydrogen) atoms. The fourth-order valence-corrected chi connectivity index (χ4v) is 2.39. The lowest BCUT2D eigenvalue weighted by Gasteiger charge is -2.13. The van der Waals surface area contributed by atoms with Gasteiger partial charge in [0.25, 0.3) is 0 Å². The van der Waals surface area contributed by atoms with E-state index in [0.717, 1.165) is 29.7 Å². The molecule has 4 nitrogen and oxygen atoms in total. The van der Waals surface area contributed by atoms with E-state index in [0.29, 0.717) is 11.6 Å². The van der Waals surface area contributed by atoms with Gasteiger partial charge in [0.1, 0.15) is 0 Å². The van der Waals surface area contributed by atoms with Gasteiger partial charge in [0.2, 0.25) is 5.91 Å². The number of hydrogen-bond acceptors (Lipinski definition) is 3. The van der Waals surface area contributed by atoms with Crippen molar-refractivity contribution in [3.05, 3.63) is 28.2 Å². The van der Waals surface area contributed by atoms with E-state index in [-0.39, 0.29) is 0 Å². The second kappa shape index (κ2) is 4.84. The fourth-order valence-electron chi connectivity index (χ4n) is 1.82. The Morgan fingerprint density at radius 2 is 2.38 bits per heavy atom. The van der Waals surface area contributed by atoms with Crippen molar-refractivity contribution >= 4 is 27.5 Å². The number of anilines is 1. The Hall–Kier alpha value is -1.07. The third kappa shape index (κ3) is 2.54. The lowest BCUT2D eigenvalue weighted by Crippen LogP contribution is -2.22. The largest absolute Gasteiger partial charge is 0.381 e. The second-order valence-electron chi connectivity index (χ2n) is 3.89. The van der Waals surface area contributed by atoms with Gasteiger partial charge in [0, 0.05) is 22.7 Å². The molecule has 0 aromatic heterocycles. The zero-order chi connectivity index (χ0) is 11.5. The average Bonchev–Trinajstić information content (AvgIpc) is 2.70. The number of benzene rings is 1. The Morgan fingerprint density at radius 1 is 1.56 bits per heavy atom. The molecule has 1 aliphatic heterocycles. The summed E-state index contributed by atoms with van der Waals surface area (Å²) in [6.07, 6.45) is 1.12. The zero-order valence-corrected chi connectivity index (χ0v) is 10.4. The quantitative estimate of drug-likeness (QED) is 0.784. The minimum Gasteiger partial charge on any atom is -0.381 e. The molecule has 1 aromatic carbocycles. The van der Waals surface area contributed by atoms with Gasteiger partial charge in [-0.3, -0.25) is 4.79 Å². The Balaban J connectivity index is 2.11. The summed E-state index contributed by atoms with van der Waals surface area (Å²) in [4.78, 5) is 11.0. The molecule has 1 saturated heterocycles. The van der Waals surface area contributed by atoms with E-state index < -0.39 is 5.91 Å². The highest BCUT2D eigenvalue weighted by Gasteiger charge is 2.14. The van der Waals surface area contributed by atoms with Gasteiger partial charge in [0.15, 0.2) is 0 Å². The number of amides is 1. The van der Waals surface area contributed by atoms with E-state index in [4.69, 9.17) is 5.73 Å². The van der Waals surface area contributed by atoms with Crippen molar-refractivity contribution in [3.63, 3.8) is 0 Å². The molecule has 1 amide bonds. The summed E-state index contributed by atoms with van der Waals surface area (Å²) in [7, 11) is 0. The normalized spacial score (nSPS) is 19.7. The van der Waals surface area contributed by atoms with Crippen LogP contribution < -0.4 is 16.4 Å². The second-order valence-corrected chi connectivity index (χ2v) is 4.75. The van der Waals surface area contributed by atoms with Crippen molar-refractivity contribution in [1.82, 2.24) is 5.32 Å². The maximum Gasteiger partial charge on any atom is 0.249 e. The van der Waals surface area contributed by atoms with E-state index >= 15 is 0 Å². The predicted molar refractivity (Wildman–Crippen MR) is 67.6 cm³/mol. The summed E-state index contributed by atoms with van der Waals surface area (Å²) < 4.78 is 0.732. The van der Waals surface area contributed by atoms with E-state index in [1.807, 2.05) is 12.1 Å². The van der Waals surface area contributed by atoms with Crippen LogP contribution in [0.4, 0.5) is 5.69 Å². The Labute approximate surface area is 103 Å². The van der Waals surface area contributed by atoms with Crippen LogP contribution >= 0.6 is 15.9 Å². The van der Waals surface area contributed by atoms with Gasteiger partial charge in [-0.05, 0) is 47.1 Å². The summed E-state index contributed by atoms with van der Waals surface area (Å²) in [5.74, 6) is -0.416. The van der Waals surface area contributed by atoms with E-state index in [1.54, 1.807) is 6.07 Å². The van der Waals surface area contributed by atoms with Crippen molar-refractivity contribution in [2.45, 2.75) is 12.5 Å². The van der Waals surface area contributed by atoms with Crippen molar-refractivity contribution in [2.24, 2.45) is 5.73 Å². The van der Waals surface area contributed by atoms with Gasteiger partial charge in [0.05, 0.1) is 5.56 Å². The topological polar surface area (TPSA) is 67.2 Å². The Morgan fingerprint density at radius 3 is 2.94 bits per heavy atom. The van der Waals surface area contributed by atoms with Gasteiger partial charge in [-0.15, -0.1) is 0 Å². The number of hydrogen-bond donors (Lipinski definition) is 3. The van der Waals surface area contributed by atoms with Crippen molar-refractivity contribution in [3.8, 4) is 0 Å². The molecule has 0 spiro atoms. The molecule has 4 N–H and O–H groups in total. The smallest absolute Gasteiger partial charge is 0.249 e. The van der Waals surface area contributed by atoms with E-state index in [1.165, 1.54) is 0 Å². The van der Waals surface area contributed by atoms with Crippen LogP contribution in [0.1, 0.15) is 16.8 Å². The van der Waals surface area contributed by atoms with Crippen LogP contribution in [-0.4, -0.2) is 25.0 Å². The third-order valence-corrected chi connectivity index (χ3v) is 3.32. The monoisotopic (exact) mass is 283 g/mol. The number of halogens is 1. The van der Waals surface area contributed by atoms with Crippen LogP contribution in [0.15, 0.2) is 22.7 Å². The minimum absolute atomic E-state index is 0.416. The predicted octanol–water partition coefficient (Wildman–Crippen LogP) is 1.32. The van der Waals surface area contributed by atoms with Crippen LogP contribution in [0, 0.1) is 0 Å². The van der Waals surface area contributed by atoms with Gasteiger partial charge >= 0.3 is 0 Å². The summed E-state index contributed by atoms with van der Waals surface area (Å²) in [6.45, 7) is 2.04. The molecule has 5 heteroatoms.